The molecule has 0 rings (SSSR count). The Morgan fingerprint density at radius 2 is 0.964 bits per heavy atom. The Morgan fingerprint density at radius 1 is 0.536 bits per heavy atom. The zero-order chi connectivity index (χ0) is 20.7. The predicted octanol–water partition coefficient (Wildman–Crippen LogP) is 2.52. The van der Waals surface area contributed by atoms with E-state index in [0.717, 1.165) is 19.4 Å². The lowest BCUT2D eigenvalue weighted by molar-refractivity contribution is -0.147. The lowest BCUT2D eigenvalue weighted by Crippen LogP contribution is -2.14. The van der Waals surface area contributed by atoms with Crippen LogP contribution in [0.2, 0.25) is 0 Å². The van der Waals surface area contributed by atoms with E-state index in [2.05, 4.69) is 6.92 Å². The molecule has 0 amide bonds. The van der Waals surface area contributed by atoms with E-state index in [1.54, 1.807) is 0 Å². The SMILES string of the molecule is CCCCOCCOCCOC(=O)CCCCC(=O)OCCOCCOCC. The van der Waals surface area contributed by atoms with Crippen LogP contribution in [-0.4, -0.2) is 78.0 Å². The van der Waals surface area contributed by atoms with Gasteiger partial charge in [0, 0.05) is 26.1 Å². The number of esters is 2. The Balaban J connectivity index is 3.30. The van der Waals surface area contributed by atoms with E-state index in [9.17, 15) is 9.59 Å². The second-order valence-corrected chi connectivity index (χ2v) is 6.04. The van der Waals surface area contributed by atoms with Crippen LogP contribution in [0.15, 0.2) is 0 Å². The Bertz CT molecular complexity index is 362. The van der Waals surface area contributed by atoms with Crippen molar-refractivity contribution in [3.63, 3.8) is 0 Å². The highest BCUT2D eigenvalue weighted by Crippen LogP contribution is 2.03. The molecule has 0 aliphatic rings. The Hall–Kier alpha value is -1.22. The Morgan fingerprint density at radius 3 is 1.43 bits per heavy atom. The highest BCUT2D eigenvalue weighted by Gasteiger charge is 2.06. The van der Waals surface area contributed by atoms with Gasteiger partial charge in [0.05, 0.1) is 39.6 Å². The summed E-state index contributed by atoms with van der Waals surface area (Å²) >= 11 is 0. The number of unbranched alkanes of at least 4 members (excludes halogenated alkanes) is 2. The maximum atomic E-state index is 11.6. The van der Waals surface area contributed by atoms with Crippen molar-refractivity contribution in [3.8, 4) is 0 Å². The van der Waals surface area contributed by atoms with E-state index < -0.39 is 0 Å². The summed E-state index contributed by atoms with van der Waals surface area (Å²) in [6.07, 6.45) is 3.91. The van der Waals surface area contributed by atoms with Crippen molar-refractivity contribution in [2.24, 2.45) is 0 Å². The Labute approximate surface area is 169 Å². The minimum atomic E-state index is -0.281. The fourth-order valence-corrected chi connectivity index (χ4v) is 2.04. The average molecular weight is 407 g/mol. The van der Waals surface area contributed by atoms with Crippen LogP contribution in [-0.2, 0) is 38.0 Å². The van der Waals surface area contributed by atoms with Crippen molar-refractivity contribution >= 4 is 11.9 Å². The quantitative estimate of drug-likeness (QED) is 0.212. The fraction of sp³-hybridized carbons (Fsp3) is 0.900. The molecular formula is C20H38O8. The van der Waals surface area contributed by atoms with Gasteiger partial charge in [0.25, 0.3) is 0 Å². The first-order chi connectivity index (χ1) is 13.7. The largest absolute Gasteiger partial charge is 0.463 e. The summed E-state index contributed by atoms with van der Waals surface area (Å²) in [6, 6.07) is 0. The van der Waals surface area contributed by atoms with Crippen molar-refractivity contribution in [3.05, 3.63) is 0 Å². The third kappa shape index (κ3) is 21.1. The highest BCUT2D eigenvalue weighted by atomic mass is 16.6. The summed E-state index contributed by atoms with van der Waals surface area (Å²) in [5, 5.41) is 0. The smallest absolute Gasteiger partial charge is 0.305 e. The van der Waals surface area contributed by atoms with E-state index in [4.69, 9.17) is 28.4 Å². The van der Waals surface area contributed by atoms with Gasteiger partial charge >= 0.3 is 11.9 Å². The zero-order valence-electron chi connectivity index (χ0n) is 17.6. The van der Waals surface area contributed by atoms with Gasteiger partial charge in [0.1, 0.15) is 13.2 Å². The molecule has 0 aromatic carbocycles. The third-order valence-electron chi connectivity index (χ3n) is 3.58. The van der Waals surface area contributed by atoms with Crippen molar-refractivity contribution in [1.29, 1.82) is 0 Å². The van der Waals surface area contributed by atoms with Gasteiger partial charge in [-0.15, -0.1) is 0 Å². The monoisotopic (exact) mass is 406 g/mol. The number of carbonyl (C=O) groups excluding carboxylic acids is 2. The van der Waals surface area contributed by atoms with Crippen LogP contribution >= 0.6 is 0 Å². The molecule has 0 bridgehead atoms. The number of hydrogen-bond donors (Lipinski definition) is 0. The van der Waals surface area contributed by atoms with Crippen LogP contribution in [0.4, 0.5) is 0 Å². The van der Waals surface area contributed by atoms with Gasteiger partial charge in [-0.1, -0.05) is 13.3 Å². The van der Waals surface area contributed by atoms with Gasteiger partial charge < -0.3 is 28.4 Å². The fourth-order valence-electron chi connectivity index (χ4n) is 2.04. The van der Waals surface area contributed by atoms with Gasteiger partial charge in [-0.25, -0.2) is 0 Å². The van der Waals surface area contributed by atoms with Crippen LogP contribution in [0.3, 0.4) is 0 Å². The van der Waals surface area contributed by atoms with Gasteiger partial charge in [0.15, 0.2) is 0 Å². The summed E-state index contributed by atoms with van der Waals surface area (Å²) in [6.45, 7) is 8.73. The predicted molar refractivity (Wildman–Crippen MR) is 104 cm³/mol. The molecule has 0 saturated carbocycles. The van der Waals surface area contributed by atoms with Gasteiger partial charge in [-0.05, 0) is 26.2 Å². The molecule has 0 fully saturated rings. The Kier molecular flexibility index (Phi) is 21.1. The zero-order valence-corrected chi connectivity index (χ0v) is 17.6. The first-order valence-electron chi connectivity index (χ1n) is 10.3. The molecule has 0 aliphatic carbocycles. The molecule has 0 aliphatic heterocycles. The molecule has 8 nitrogen and oxygen atoms in total. The third-order valence-corrected chi connectivity index (χ3v) is 3.58. The average Bonchev–Trinajstić information content (AvgIpc) is 2.69. The van der Waals surface area contributed by atoms with Crippen LogP contribution in [0, 0.1) is 0 Å². The van der Waals surface area contributed by atoms with Crippen molar-refractivity contribution in [2.45, 2.75) is 52.4 Å². The molecule has 0 aromatic heterocycles. The molecular weight excluding hydrogens is 368 g/mol. The van der Waals surface area contributed by atoms with E-state index in [-0.39, 0.29) is 38.0 Å². The second kappa shape index (κ2) is 22.1. The number of hydrogen-bond acceptors (Lipinski definition) is 8. The second-order valence-electron chi connectivity index (χ2n) is 6.04. The summed E-state index contributed by atoms with van der Waals surface area (Å²) < 4.78 is 31.1. The van der Waals surface area contributed by atoms with E-state index in [1.165, 1.54) is 0 Å². The molecule has 0 heterocycles. The first kappa shape index (κ1) is 26.8. The summed E-state index contributed by atoms with van der Waals surface area (Å²) in [5.41, 5.74) is 0. The molecule has 166 valence electrons. The normalized spacial score (nSPS) is 10.8. The minimum Gasteiger partial charge on any atom is -0.463 e. The van der Waals surface area contributed by atoms with Crippen molar-refractivity contribution < 1.29 is 38.0 Å². The molecule has 0 radical (unpaired) electrons. The van der Waals surface area contributed by atoms with Gasteiger partial charge in [-0.3, -0.25) is 9.59 Å². The standard InChI is InChI=1S/C20H38O8/c1-3-5-10-24-13-14-26-16-18-28-20(22)9-7-6-8-19(21)27-17-15-25-12-11-23-4-2/h3-18H2,1-2H3. The molecule has 28 heavy (non-hydrogen) atoms. The molecule has 0 aromatic rings. The minimum absolute atomic E-state index is 0.233. The number of carbonyl (C=O) groups is 2. The van der Waals surface area contributed by atoms with Gasteiger partial charge in [0.2, 0.25) is 0 Å². The summed E-state index contributed by atoms with van der Waals surface area (Å²) in [7, 11) is 0. The van der Waals surface area contributed by atoms with Crippen LogP contribution < -0.4 is 0 Å². The molecule has 8 heteroatoms. The number of ether oxygens (including phenoxy) is 6. The molecule has 0 spiro atoms. The van der Waals surface area contributed by atoms with Crippen molar-refractivity contribution in [1.82, 2.24) is 0 Å². The van der Waals surface area contributed by atoms with Crippen molar-refractivity contribution in [2.75, 3.05) is 66.1 Å². The molecule has 0 atom stereocenters. The maximum absolute atomic E-state index is 11.6. The van der Waals surface area contributed by atoms with Crippen LogP contribution in [0.25, 0.3) is 0 Å². The highest BCUT2D eigenvalue weighted by molar-refractivity contribution is 5.70. The molecule has 0 N–H and O–H groups in total. The van der Waals surface area contributed by atoms with Gasteiger partial charge in [-0.2, -0.15) is 0 Å². The lowest BCUT2D eigenvalue weighted by atomic mass is 10.2. The molecule has 0 saturated heterocycles. The van der Waals surface area contributed by atoms with Crippen LogP contribution in [0.1, 0.15) is 52.4 Å². The lowest BCUT2D eigenvalue weighted by Gasteiger charge is -2.07. The van der Waals surface area contributed by atoms with E-state index >= 15 is 0 Å². The number of rotatable bonds is 21. The van der Waals surface area contributed by atoms with E-state index in [0.29, 0.717) is 59.1 Å². The topological polar surface area (TPSA) is 89.5 Å². The first-order valence-corrected chi connectivity index (χ1v) is 10.3. The molecule has 0 unspecified atom stereocenters. The van der Waals surface area contributed by atoms with Crippen LogP contribution in [0.5, 0.6) is 0 Å². The summed E-state index contributed by atoms with van der Waals surface area (Å²) in [4.78, 5) is 23.1. The summed E-state index contributed by atoms with van der Waals surface area (Å²) in [5.74, 6) is -0.560. The van der Waals surface area contributed by atoms with E-state index in [1.807, 2.05) is 6.92 Å². The maximum Gasteiger partial charge on any atom is 0.305 e.